The van der Waals surface area contributed by atoms with Crippen LogP contribution < -0.4 is 0 Å². The van der Waals surface area contributed by atoms with Crippen molar-refractivity contribution in [1.82, 2.24) is 0 Å². The van der Waals surface area contributed by atoms with E-state index >= 15 is 0 Å². The normalized spacial score (nSPS) is 41.1. The average molecular weight is 232 g/mol. The van der Waals surface area contributed by atoms with Gasteiger partial charge in [-0.25, -0.2) is 0 Å². The highest BCUT2D eigenvalue weighted by Gasteiger charge is 2.44. The van der Waals surface area contributed by atoms with Gasteiger partial charge in [-0.05, 0) is 36.8 Å². The summed E-state index contributed by atoms with van der Waals surface area (Å²) in [6.45, 7) is 7.75. The van der Waals surface area contributed by atoms with Crippen molar-refractivity contribution in [1.29, 1.82) is 0 Å². The molecule has 0 amide bonds. The first-order chi connectivity index (χ1) is 8.18. The summed E-state index contributed by atoms with van der Waals surface area (Å²) >= 11 is 0. The predicted octanol–water partition coefficient (Wildman–Crippen LogP) is 3.82. The second-order valence-electron chi connectivity index (χ2n) is 5.59. The summed E-state index contributed by atoms with van der Waals surface area (Å²) < 4.78 is 11.6. The molecule has 5 atom stereocenters. The van der Waals surface area contributed by atoms with E-state index in [1.807, 2.05) is 12.1 Å². The lowest BCUT2D eigenvalue weighted by Gasteiger charge is -2.46. The molecule has 17 heavy (non-hydrogen) atoms. The van der Waals surface area contributed by atoms with Gasteiger partial charge < -0.3 is 9.15 Å². The Kier molecular flexibility index (Phi) is 2.62. The molecule has 0 radical (unpaired) electrons. The van der Waals surface area contributed by atoms with Gasteiger partial charge in [-0.15, -0.1) is 0 Å². The van der Waals surface area contributed by atoms with Gasteiger partial charge in [0.25, 0.3) is 0 Å². The summed E-state index contributed by atoms with van der Waals surface area (Å²) in [5.41, 5.74) is 1.46. The Bertz CT molecular complexity index is 418. The number of furan rings is 1. The van der Waals surface area contributed by atoms with Crippen molar-refractivity contribution in [3.05, 3.63) is 35.8 Å². The molecule has 0 N–H and O–H groups in total. The van der Waals surface area contributed by atoms with Crippen LogP contribution in [0.3, 0.4) is 0 Å². The number of fused-ring (bicyclic) bond motifs is 2. The molecule has 2 heterocycles. The summed E-state index contributed by atoms with van der Waals surface area (Å²) in [7, 11) is 0. The van der Waals surface area contributed by atoms with Crippen LogP contribution in [0.1, 0.15) is 32.6 Å². The number of allylic oxidation sites excluding steroid dienone is 1. The molecule has 1 aromatic heterocycles. The first-order valence-electron chi connectivity index (χ1n) is 6.52. The topological polar surface area (TPSA) is 22.4 Å². The minimum atomic E-state index is 0.111. The van der Waals surface area contributed by atoms with Crippen molar-refractivity contribution < 1.29 is 9.15 Å². The van der Waals surface area contributed by atoms with E-state index in [4.69, 9.17) is 9.15 Å². The Morgan fingerprint density at radius 2 is 2.12 bits per heavy atom. The van der Waals surface area contributed by atoms with Crippen LogP contribution in [0.15, 0.2) is 34.5 Å². The van der Waals surface area contributed by atoms with Gasteiger partial charge >= 0.3 is 0 Å². The zero-order valence-corrected chi connectivity index (χ0v) is 10.7. The molecular formula is C15H20O2. The summed E-state index contributed by atoms with van der Waals surface area (Å²) in [6, 6.07) is 3.98. The average Bonchev–Trinajstić information content (AvgIpc) is 2.78. The minimum Gasteiger partial charge on any atom is -0.467 e. The van der Waals surface area contributed by atoms with Gasteiger partial charge in [0.05, 0.1) is 12.9 Å². The molecule has 1 fully saturated rings. The minimum absolute atomic E-state index is 0.111. The first kappa shape index (κ1) is 11.1. The lowest BCUT2D eigenvalue weighted by Crippen LogP contribution is -2.42. The molecule has 0 spiro atoms. The fourth-order valence-corrected chi connectivity index (χ4v) is 3.66. The molecule has 2 heteroatoms. The lowest BCUT2D eigenvalue weighted by atomic mass is 9.65. The molecule has 1 aliphatic carbocycles. The van der Waals surface area contributed by atoms with E-state index in [1.54, 1.807) is 6.26 Å². The van der Waals surface area contributed by atoms with Crippen molar-refractivity contribution in [3.63, 3.8) is 0 Å². The smallest absolute Gasteiger partial charge is 0.133 e. The second-order valence-corrected chi connectivity index (χ2v) is 5.59. The van der Waals surface area contributed by atoms with E-state index in [-0.39, 0.29) is 6.10 Å². The van der Waals surface area contributed by atoms with Gasteiger partial charge in [-0.1, -0.05) is 25.5 Å². The van der Waals surface area contributed by atoms with Gasteiger partial charge in [0.15, 0.2) is 0 Å². The van der Waals surface area contributed by atoms with Gasteiger partial charge in [0, 0.05) is 5.92 Å². The number of hydrogen-bond acceptors (Lipinski definition) is 2. The van der Waals surface area contributed by atoms with Crippen LogP contribution >= 0.6 is 0 Å². The maximum Gasteiger partial charge on any atom is 0.133 e. The Hall–Kier alpha value is -1.02. The largest absolute Gasteiger partial charge is 0.467 e. The molecular weight excluding hydrogens is 212 g/mol. The van der Waals surface area contributed by atoms with E-state index in [0.29, 0.717) is 23.7 Å². The van der Waals surface area contributed by atoms with Crippen LogP contribution in [-0.4, -0.2) is 6.61 Å². The first-order valence-corrected chi connectivity index (χ1v) is 6.52. The Labute approximate surface area is 103 Å². The predicted molar refractivity (Wildman–Crippen MR) is 66.5 cm³/mol. The third-order valence-electron chi connectivity index (χ3n) is 4.59. The third-order valence-corrected chi connectivity index (χ3v) is 4.59. The molecule has 2 nitrogen and oxygen atoms in total. The van der Waals surface area contributed by atoms with E-state index in [0.717, 1.165) is 12.4 Å². The fraction of sp³-hybridized carbons (Fsp3) is 0.600. The van der Waals surface area contributed by atoms with E-state index in [1.165, 1.54) is 5.57 Å². The van der Waals surface area contributed by atoms with Crippen LogP contribution in [-0.2, 0) is 4.74 Å². The van der Waals surface area contributed by atoms with Crippen molar-refractivity contribution in [3.8, 4) is 0 Å². The molecule has 3 rings (SSSR count). The van der Waals surface area contributed by atoms with Crippen molar-refractivity contribution in [2.75, 3.05) is 6.61 Å². The van der Waals surface area contributed by atoms with Gasteiger partial charge in [-0.2, -0.15) is 0 Å². The maximum atomic E-state index is 6.07. The summed E-state index contributed by atoms with van der Waals surface area (Å²) in [5, 5.41) is 0. The third kappa shape index (κ3) is 1.66. The standard InChI is InChI=1S/C15H20O2/c1-9-7-10(2)14-11(3)12(9)8-17-15(14)13-5-4-6-16-13/h4-7,9,11-12,14-15H,8H2,1-3H3/t9-,11-,12+,14-,15-/m0/s1. The highest BCUT2D eigenvalue weighted by atomic mass is 16.5. The molecule has 2 bridgehead atoms. The van der Waals surface area contributed by atoms with Crippen molar-refractivity contribution in [2.45, 2.75) is 26.9 Å². The molecule has 92 valence electrons. The molecule has 1 saturated heterocycles. The van der Waals surface area contributed by atoms with E-state index in [9.17, 15) is 0 Å². The number of ether oxygens (including phenoxy) is 1. The van der Waals surface area contributed by atoms with Crippen molar-refractivity contribution in [2.24, 2.45) is 23.7 Å². The molecule has 1 aliphatic heterocycles. The molecule has 0 unspecified atom stereocenters. The highest BCUT2D eigenvalue weighted by molar-refractivity contribution is 5.20. The zero-order chi connectivity index (χ0) is 12.0. The molecule has 2 aliphatic rings. The molecule has 0 aromatic carbocycles. The highest BCUT2D eigenvalue weighted by Crippen LogP contribution is 2.49. The van der Waals surface area contributed by atoms with Crippen LogP contribution in [0, 0.1) is 23.7 Å². The maximum absolute atomic E-state index is 6.07. The van der Waals surface area contributed by atoms with E-state index in [2.05, 4.69) is 26.8 Å². The second kappa shape index (κ2) is 4.02. The van der Waals surface area contributed by atoms with Crippen LogP contribution in [0.25, 0.3) is 0 Å². The number of rotatable bonds is 1. The van der Waals surface area contributed by atoms with E-state index < -0.39 is 0 Å². The summed E-state index contributed by atoms with van der Waals surface area (Å²) in [5.74, 6) is 3.44. The fourth-order valence-electron chi connectivity index (χ4n) is 3.66. The van der Waals surface area contributed by atoms with Gasteiger partial charge in [-0.3, -0.25) is 0 Å². The van der Waals surface area contributed by atoms with Crippen molar-refractivity contribution >= 4 is 0 Å². The van der Waals surface area contributed by atoms with Crippen LogP contribution in [0.2, 0.25) is 0 Å². The Balaban J connectivity index is 1.97. The zero-order valence-electron chi connectivity index (χ0n) is 10.7. The SMILES string of the molecule is CC1=C[C@H](C)[C@H]2CO[C@@H](c3ccco3)[C@@H]1[C@H]2C. The summed E-state index contributed by atoms with van der Waals surface area (Å²) in [4.78, 5) is 0. The Morgan fingerprint density at radius 1 is 1.29 bits per heavy atom. The quantitative estimate of drug-likeness (QED) is 0.687. The lowest BCUT2D eigenvalue weighted by molar-refractivity contribution is -0.101. The number of hydrogen-bond donors (Lipinski definition) is 0. The van der Waals surface area contributed by atoms with Crippen LogP contribution in [0.4, 0.5) is 0 Å². The molecule has 0 saturated carbocycles. The van der Waals surface area contributed by atoms with Gasteiger partial charge in [0.2, 0.25) is 0 Å². The monoisotopic (exact) mass is 232 g/mol. The van der Waals surface area contributed by atoms with Gasteiger partial charge in [0.1, 0.15) is 11.9 Å². The Morgan fingerprint density at radius 3 is 2.82 bits per heavy atom. The summed E-state index contributed by atoms with van der Waals surface area (Å²) in [6.07, 6.45) is 4.27. The molecule has 1 aromatic rings. The van der Waals surface area contributed by atoms with Crippen LogP contribution in [0.5, 0.6) is 0 Å².